The minimum atomic E-state index is -0.331. The first-order valence-electron chi connectivity index (χ1n) is 10.5. The van der Waals surface area contributed by atoms with Crippen LogP contribution in [0.4, 0.5) is 11.5 Å². The highest BCUT2D eigenvalue weighted by Crippen LogP contribution is 2.22. The molecule has 1 aliphatic heterocycles. The number of benzene rings is 2. The Kier molecular flexibility index (Phi) is 5.72. The topological polar surface area (TPSA) is 76.8 Å². The SMILES string of the molecule is O=C(Nc1ccc(N2CCOCC2)nc1)c1ccc(COc2ccc3ccccc3c2)o1. The van der Waals surface area contributed by atoms with E-state index in [1.165, 1.54) is 0 Å². The van der Waals surface area contributed by atoms with Gasteiger partial charge in [0.2, 0.25) is 0 Å². The standard InChI is InChI=1S/C25H23N3O4/c29-25(27-20-6-10-24(26-16-20)28-11-13-30-14-12-28)23-9-8-22(32-23)17-31-21-7-5-18-3-1-2-4-19(18)15-21/h1-10,15-16H,11-14,17H2,(H,27,29). The van der Waals surface area contributed by atoms with Crippen LogP contribution in [-0.2, 0) is 11.3 Å². The number of nitrogens with one attached hydrogen (secondary N) is 1. The van der Waals surface area contributed by atoms with Crippen LogP contribution in [0, 0.1) is 0 Å². The van der Waals surface area contributed by atoms with Crippen molar-refractivity contribution >= 4 is 28.2 Å². The summed E-state index contributed by atoms with van der Waals surface area (Å²) in [5.41, 5.74) is 0.609. The fraction of sp³-hybridized carbons (Fsp3) is 0.200. The summed E-state index contributed by atoms with van der Waals surface area (Å²) in [5.74, 6) is 2.08. The predicted octanol–water partition coefficient (Wildman–Crippen LogP) is 4.50. The summed E-state index contributed by atoms with van der Waals surface area (Å²) in [6.45, 7) is 3.27. The van der Waals surface area contributed by atoms with Crippen LogP contribution in [0.5, 0.6) is 5.75 Å². The summed E-state index contributed by atoms with van der Waals surface area (Å²) >= 11 is 0. The summed E-state index contributed by atoms with van der Waals surface area (Å²) in [7, 11) is 0. The monoisotopic (exact) mass is 429 g/mol. The van der Waals surface area contributed by atoms with Gasteiger partial charge < -0.3 is 24.1 Å². The summed E-state index contributed by atoms with van der Waals surface area (Å²) < 4.78 is 16.9. The van der Waals surface area contributed by atoms with E-state index in [1.54, 1.807) is 18.3 Å². The molecule has 0 saturated carbocycles. The van der Waals surface area contributed by atoms with Gasteiger partial charge in [0.15, 0.2) is 5.76 Å². The van der Waals surface area contributed by atoms with Gasteiger partial charge in [0.1, 0.15) is 23.9 Å². The maximum Gasteiger partial charge on any atom is 0.291 e. The number of ether oxygens (including phenoxy) is 2. The Labute approximate surface area is 185 Å². The number of carbonyl (C=O) groups is 1. The summed E-state index contributed by atoms with van der Waals surface area (Å²) in [6, 6.07) is 21.1. The molecule has 7 heteroatoms. The highest BCUT2D eigenvalue weighted by molar-refractivity contribution is 6.02. The van der Waals surface area contributed by atoms with Gasteiger partial charge >= 0.3 is 0 Å². The van der Waals surface area contributed by atoms with Crippen molar-refractivity contribution in [2.45, 2.75) is 6.61 Å². The molecule has 0 spiro atoms. The van der Waals surface area contributed by atoms with Crippen LogP contribution in [0.25, 0.3) is 10.8 Å². The number of fused-ring (bicyclic) bond motifs is 1. The van der Waals surface area contributed by atoms with Crippen molar-refractivity contribution in [1.29, 1.82) is 0 Å². The first kappa shape index (κ1) is 20.1. The average molecular weight is 429 g/mol. The zero-order valence-corrected chi connectivity index (χ0v) is 17.5. The van der Waals surface area contributed by atoms with E-state index in [2.05, 4.69) is 21.3 Å². The maximum absolute atomic E-state index is 12.5. The number of pyridine rings is 1. The second-order valence-corrected chi connectivity index (χ2v) is 7.52. The minimum Gasteiger partial charge on any atom is -0.486 e. The number of furan rings is 1. The van der Waals surface area contributed by atoms with Gasteiger partial charge in [-0.05, 0) is 47.2 Å². The van der Waals surface area contributed by atoms with Crippen molar-refractivity contribution in [3.8, 4) is 5.75 Å². The van der Waals surface area contributed by atoms with E-state index < -0.39 is 0 Å². The lowest BCUT2D eigenvalue weighted by molar-refractivity contribution is 0.0992. The van der Waals surface area contributed by atoms with Crippen molar-refractivity contribution < 1.29 is 18.7 Å². The van der Waals surface area contributed by atoms with Crippen molar-refractivity contribution in [2.24, 2.45) is 0 Å². The lowest BCUT2D eigenvalue weighted by Crippen LogP contribution is -2.36. The van der Waals surface area contributed by atoms with Crippen molar-refractivity contribution in [2.75, 3.05) is 36.5 Å². The van der Waals surface area contributed by atoms with E-state index in [0.29, 0.717) is 24.7 Å². The molecule has 3 heterocycles. The molecule has 7 nitrogen and oxygen atoms in total. The van der Waals surface area contributed by atoms with Gasteiger partial charge in [0.25, 0.3) is 5.91 Å². The highest BCUT2D eigenvalue weighted by Gasteiger charge is 2.14. The molecule has 1 amide bonds. The lowest BCUT2D eigenvalue weighted by Gasteiger charge is -2.27. The molecule has 5 rings (SSSR count). The van der Waals surface area contributed by atoms with Gasteiger partial charge in [-0.1, -0.05) is 30.3 Å². The fourth-order valence-corrected chi connectivity index (χ4v) is 3.62. The number of nitrogens with zero attached hydrogens (tertiary/aromatic N) is 2. The predicted molar refractivity (Wildman–Crippen MR) is 122 cm³/mol. The highest BCUT2D eigenvalue weighted by atomic mass is 16.5. The minimum absolute atomic E-state index is 0.222. The third-order valence-electron chi connectivity index (χ3n) is 5.33. The smallest absolute Gasteiger partial charge is 0.291 e. The molecule has 0 atom stereocenters. The molecule has 32 heavy (non-hydrogen) atoms. The van der Waals surface area contributed by atoms with Crippen LogP contribution >= 0.6 is 0 Å². The first-order valence-corrected chi connectivity index (χ1v) is 10.5. The normalized spacial score (nSPS) is 13.8. The van der Waals surface area contributed by atoms with Crippen LogP contribution in [0.15, 0.2) is 77.3 Å². The molecular weight excluding hydrogens is 406 g/mol. The molecule has 0 bridgehead atoms. The van der Waals surface area contributed by atoms with Crippen molar-refractivity contribution in [3.63, 3.8) is 0 Å². The Morgan fingerprint density at radius 2 is 1.84 bits per heavy atom. The number of aromatic nitrogens is 1. The fourth-order valence-electron chi connectivity index (χ4n) is 3.62. The zero-order chi connectivity index (χ0) is 21.8. The average Bonchev–Trinajstić information content (AvgIpc) is 3.33. The molecule has 0 aliphatic carbocycles. The summed E-state index contributed by atoms with van der Waals surface area (Å²) in [4.78, 5) is 19.1. The third-order valence-corrected chi connectivity index (χ3v) is 5.33. The number of hydrogen-bond donors (Lipinski definition) is 1. The Balaban J connectivity index is 1.18. The number of carbonyl (C=O) groups excluding carboxylic acids is 1. The number of amides is 1. The van der Waals surface area contributed by atoms with Gasteiger partial charge in [0.05, 0.1) is 25.1 Å². The Bertz CT molecular complexity index is 1210. The molecule has 2 aromatic carbocycles. The van der Waals surface area contributed by atoms with Crippen LogP contribution in [0.2, 0.25) is 0 Å². The molecule has 1 saturated heterocycles. The van der Waals surface area contributed by atoms with Gasteiger partial charge in [-0.3, -0.25) is 4.79 Å². The first-order chi connectivity index (χ1) is 15.7. The Morgan fingerprint density at radius 1 is 1.00 bits per heavy atom. The summed E-state index contributed by atoms with van der Waals surface area (Å²) in [6.07, 6.45) is 1.65. The number of hydrogen-bond acceptors (Lipinski definition) is 6. The number of anilines is 2. The number of rotatable bonds is 6. The van der Waals surface area contributed by atoms with E-state index in [-0.39, 0.29) is 18.3 Å². The second kappa shape index (κ2) is 9.11. The molecule has 1 fully saturated rings. The molecule has 1 N–H and O–H groups in total. The lowest BCUT2D eigenvalue weighted by atomic mass is 10.1. The third kappa shape index (κ3) is 4.58. The molecule has 1 aliphatic rings. The van der Waals surface area contributed by atoms with E-state index in [0.717, 1.165) is 35.4 Å². The Morgan fingerprint density at radius 3 is 2.66 bits per heavy atom. The molecule has 162 valence electrons. The van der Waals surface area contributed by atoms with Crippen molar-refractivity contribution in [1.82, 2.24) is 4.98 Å². The van der Waals surface area contributed by atoms with Crippen LogP contribution in [0.3, 0.4) is 0 Å². The quantitative estimate of drug-likeness (QED) is 0.487. The van der Waals surface area contributed by atoms with E-state index in [4.69, 9.17) is 13.9 Å². The Hall–Kier alpha value is -3.84. The van der Waals surface area contributed by atoms with Gasteiger partial charge in [0, 0.05) is 13.1 Å². The zero-order valence-electron chi connectivity index (χ0n) is 17.5. The van der Waals surface area contributed by atoms with Crippen LogP contribution in [-0.4, -0.2) is 37.2 Å². The van der Waals surface area contributed by atoms with Crippen LogP contribution in [0.1, 0.15) is 16.3 Å². The van der Waals surface area contributed by atoms with Gasteiger partial charge in [-0.15, -0.1) is 0 Å². The van der Waals surface area contributed by atoms with E-state index >= 15 is 0 Å². The molecule has 0 radical (unpaired) electrons. The molecule has 2 aromatic heterocycles. The van der Waals surface area contributed by atoms with E-state index in [1.807, 2.05) is 48.5 Å². The van der Waals surface area contributed by atoms with Gasteiger partial charge in [-0.2, -0.15) is 0 Å². The molecule has 0 unspecified atom stereocenters. The maximum atomic E-state index is 12.5. The molecular formula is C25H23N3O4. The second-order valence-electron chi connectivity index (χ2n) is 7.52. The van der Waals surface area contributed by atoms with E-state index in [9.17, 15) is 4.79 Å². The summed E-state index contributed by atoms with van der Waals surface area (Å²) in [5, 5.41) is 5.08. The van der Waals surface area contributed by atoms with Crippen LogP contribution < -0.4 is 15.0 Å². The molecule has 4 aromatic rings. The van der Waals surface area contributed by atoms with Gasteiger partial charge in [-0.25, -0.2) is 4.98 Å². The van der Waals surface area contributed by atoms with Crippen molar-refractivity contribution in [3.05, 3.63) is 84.4 Å². The largest absolute Gasteiger partial charge is 0.486 e. The number of morpholine rings is 1.